The monoisotopic (exact) mass is 506 g/mol. The molecule has 1 saturated heterocycles. The lowest BCUT2D eigenvalue weighted by atomic mass is 9.84. The Hall–Kier alpha value is -2.62. The van der Waals surface area contributed by atoms with Crippen LogP contribution in [0.25, 0.3) is 0 Å². The number of rotatable bonds is 8. The Morgan fingerprint density at radius 2 is 1.74 bits per heavy atom. The lowest BCUT2D eigenvalue weighted by Gasteiger charge is -2.21. The zero-order chi connectivity index (χ0) is 24.5. The number of carbonyl (C=O) groups excluding carboxylic acids is 2. The number of amides is 2. The fourth-order valence-electron chi connectivity index (χ4n) is 4.77. The Balaban J connectivity index is 1.46. The molecule has 2 amide bonds. The second-order valence-corrected chi connectivity index (χ2v) is 10.8. The van der Waals surface area contributed by atoms with Crippen LogP contribution in [0.2, 0.25) is 5.02 Å². The molecular formula is C24H27ClN2O6S. The summed E-state index contributed by atoms with van der Waals surface area (Å²) in [6.07, 6.45) is 3.86. The Morgan fingerprint density at radius 1 is 1.03 bits per heavy atom. The normalized spacial score (nSPS) is 17.6. The van der Waals surface area contributed by atoms with Gasteiger partial charge in [0.05, 0.1) is 35.2 Å². The molecule has 0 aromatic heterocycles. The second-order valence-electron chi connectivity index (χ2n) is 8.65. The topological polar surface area (TPSA) is 102 Å². The quantitative estimate of drug-likeness (QED) is 0.548. The first kappa shape index (κ1) is 24.5. The third-order valence-electron chi connectivity index (χ3n) is 6.58. The summed E-state index contributed by atoms with van der Waals surface area (Å²) in [5.74, 6) is 0.629. The van der Waals surface area contributed by atoms with E-state index in [0.717, 1.165) is 23.3 Å². The van der Waals surface area contributed by atoms with E-state index in [2.05, 4.69) is 4.72 Å². The maximum absolute atomic E-state index is 13.0. The highest BCUT2D eigenvalue weighted by molar-refractivity contribution is 7.89. The van der Waals surface area contributed by atoms with Crippen LogP contribution in [-0.4, -0.2) is 41.0 Å². The molecule has 2 aromatic rings. The summed E-state index contributed by atoms with van der Waals surface area (Å²) in [6.45, 7) is 0.156. The molecule has 1 spiro atoms. The number of nitrogens with one attached hydrogen (secondary N) is 1. The number of anilines is 1. The largest absolute Gasteiger partial charge is 0.493 e. The van der Waals surface area contributed by atoms with Crippen molar-refractivity contribution in [3.05, 3.63) is 47.0 Å². The number of halogens is 1. The lowest BCUT2D eigenvalue weighted by molar-refractivity contribution is -0.125. The number of ether oxygens (including phenoxy) is 2. The van der Waals surface area contributed by atoms with Gasteiger partial charge in [-0.15, -0.1) is 0 Å². The fourth-order valence-corrected chi connectivity index (χ4v) is 6.15. The third kappa shape index (κ3) is 4.52. The van der Waals surface area contributed by atoms with Crippen LogP contribution < -0.4 is 19.1 Å². The first-order valence-electron chi connectivity index (χ1n) is 11.1. The van der Waals surface area contributed by atoms with E-state index in [9.17, 15) is 18.0 Å². The van der Waals surface area contributed by atoms with Gasteiger partial charge in [0, 0.05) is 13.0 Å². The maximum atomic E-state index is 13.0. The van der Waals surface area contributed by atoms with Gasteiger partial charge in [0.15, 0.2) is 11.5 Å². The number of methoxy groups -OCH3 is 2. The van der Waals surface area contributed by atoms with E-state index >= 15 is 0 Å². The van der Waals surface area contributed by atoms with Crippen molar-refractivity contribution in [1.82, 2.24) is 4.72 Å². The van der Waals surface area contributed by atoms with E-state index in [4.69, 9.17) is 21.1 Å². The van der Waals surface area contributed by atoms with Crippen molar-refractivity contribution in [2.45, 2.75) is 43.4 Å². The highest BCUT2D eigenvalue weighted by atomic mass is 35.5. The molecule has 1 heterocycles. The number of imide groups is 1. The van der Waals surface area contributed by atoms with Crippen LogP contribution in [0.1, 0.15) is 37.7 Å². The van der Waals surface area contributed by atoms with Crippen molar-refractivity contribution in [3.63, 3.8) is 0 Å². The first-order chi connectivity index (χ1) is 16.2. The standard InChI is InChI=1S/C24H27ClN2O6S/c1-32-20-8-5-16(13-21(20)33-2)9-12-26-34(30,31)17-6-7-19(18(25)14-17)27-22(28)15-24(23(27)29)10-3-4-11-24/h5-8,13-14,26H,3-4,9-12,15H2,1-2H3. The van der Waals surface area contributed by atoms with E-state index < -0.39 is 15.4 Å². The van der Waals surface area contributed by atoms with Crippen LogP contribution in [-0.2, 0) is 26.0 Å². The molecule has 0 bridgehead atoms. The van der Waals surface area contributed by atoms with Crippen LogP contribution in [0.5, 0.6) is 11.5 Å². The number of nitrogens with zero attached hydrogens (tertiary/aromatic N) is 1. The van der Waals surface area contributed by atoms with Crippen molar-refractivity contribution in [1.29, 1.82) is 0 Å². The molecule has 34 heavy (non-hydrogen) atoms. The second kappa shape index (κ2) is 9.56. The Kier molecular flexibility index (Phi) is 6.89. The molecule has 1 saturated carbocycles. The average molecular weight is 507 g/mol. The summed E-state index contributed by atoms with van der Waals surface area (Å²) in [7, 11) is -0.767. The number of benzene rings is 2. The van der Waals surface area contributed by atoms with Gasteiger partial charge in [-0.1, -0.05) is 30.5 Å². The van der Waals surface area contributed by atoms with Crippen LogP contribution in [0.4, 0.5) is 5.69 Å². The van der Waals surface area contributed by atoms with Crippen molar-refractivity contribution < 1.29 is 27.5 Å². The van der Waals surface area contributed by atoms with Gasteiger partial charge in [-0.25, -0.2) is 18.0 Å². The van der Waals surface area contributed by atoms with Crippen LogP contribution in [0.15, 0.2) is 41.3 Å². The smallest absolute Gasteiger partial charge is 0.240 e. The molecule has 0 unspecified atom stereocenters. The molecule has 182 valence electrons. The zero-order valence-corrected chi connectivity index (χ0v) is 20.7. The number of carbonyl (C=O) groups is 2. The Morgan fingerprint density at radius 3 is 2.38 bits per heavy atom. The molecule has 10 heteroatoms. The summed E-state index contributed by atoms with van der Waals surface area (Å²) in [6, 6.07) is 9.45. The molecule has 1 aliphatic carbocycles. The molecule has 2 aromatic carbocycles. The van der Waals surface area contributed by atoms with Gasteiger partial charge in [0.2, 0.25) is 21.8 Å². The molecule has 0 radical (unpaired) electrons. The van der Waals surface area contributed by atoms with E-state index in [1.54, 1.807) is 19.2 Å². The fraction of sp³-hybridized carbons (Fsp3) is 0.417. The van der Waals surface area contributed by atoms with E-state index in [0.29, 0.717) is 30.8 Å². The zero-order valence-electron chi connectivity index (χ0n) is 19.1. The third-order valence-corrected chi connectivity index (χ3v) is 8.34. The SMILES string of the molecule is COc1ccc(CCNS(=O)(=O)c2ccc(N3C(=O)CC4(CCCC4)C3=O)c(Cl)c2)cc1OC. The number of hydrogen-bond donors (Lipinski definition) is 1. The van der Waals surface area contributed by atoms with E-state index in [-0.39, 0.29) is 40.4 Å². The van der Waals surface area contributed by atoms with Crippen LogP contribution >= 0.6 is 11.6 Å². The minimum atomic E-state index is -3.85. The molecule has 4 rings (SSSR count). The van der Waals surface area contributed by atoms with Gasteiger partial charge >= 0.3 is 0 Å². The van der Waals surface area contributed by atoms with Gasteiger partial charge in [-0.3, -0.25) is 9.59 Å². The molecular weight excluding hydrogens is 480 g/mol. The van der Waals surface area contributed by atoms with Crippen LogP contribution in [0, 0.1) is 5.41 Å². The van der Waals surface area contributed by atoms with Crippen molar-refractivity contribution >= 4 is 39.1 Å². The predicted octanol–water partition coefficient (Wildman–Crippen LogP) is 3.70. The summed E-state index contributed by atoms with van der Waals surface area (Å²) in [4.78, 5) is 26.8. The molecule has 8 nitrogen and oxygen atoms in total. The van der Waals surface area contributed by atoms with E-state index in [1.165, 1.54) is 25.3 Å². The summed E-state index contributed by atoms with van der Waals surface area (Å²) < 4.78 is 38.6. The van der Waals surface area contributed by atoms with Gasteiger partial charge in [-0.2, -0.15) is 0 Å². The number of hydrogen-bond acceptors (Lipinski definition) is 6. The highest BCUT2D eigenvalue weighted by Crippen LogP contribution is 2.48. The first-order valence-corrected chi connectivity index (χ1v) is 12.9. The highest BCUT2D eigenvalue weighted by Gasteiger charge is 2.53. The molecule has 0 atom stereocenters. The molecule has 2 fully saturated rings. The van der Waals surface area contributed by atoms with Crippen molar-refractivity contribution in [3.8, 4) is 11.5 Å². The Labute approximate surface area is 204 Å². The average Bonchev–Trinajstić information content (AvgIpc) is 3.38. The summed E-state index contributed by atoms with van der Waals surface area (Å²) in [5.41, 5.74) is 0.474. The minimum Gasteiger partial charge on any atom is -0.493 e. The predicted molar refractivity (Wildman–Crippen MR) is 128 cm³/mol. The maximum Gasteiger partial charge on any atom is 0.240 e. The molecule has 1 aliphatic heterocycles. The Bertz CT molecular complexity index is 1220. The minimum absolute atomic E-state index is 0.0387. The van der Waals surface area contributed by atoms with Gasteiger partial charge in [0.1, 0.15) is 0 Å². The van der Waals surface area contributed by atoms with Crippen LogP contribution in [0.3, 0.4) is 0 Å². The van der Waals surface area contributed by atoms with Crippen molar-refractivity contribution in [2.75, 3.05) is 25.7 Å². The summed E-state index contributed by atoms with van der Waals surface area (Å²) >= 11 is 6.37. The van der Waals surface area contributed by atoms with E-state index in [1.807, 2.05) is 6.07 Å². The van der Waals surface area contributed by atoms with Gasteiger partial charge in [0.25, 0.3) is 0 Å². The van der Waals surface area contributed by atoms with Crippen molar-refractivity contribution in [2.24, 2.45) is 5.41 Å². The summed E-state index contributed by atoms with van der Waals surface area (Å²) in [5, 5.41) is 0.0412. The van der Waals surface area contributed by atoms with Gasteiger partial charge < -0.3 is 9.47 Å². The molecule has 1 N–H and O–H groups in total. The van der Waals surface area contributed by atoms with Gasteiger partial charge in [-0.05, 0) is 55.2 Å². The number of sulfonamides is 1. The molecule has 2 aliphatic rings. The lowest BCUT2D eigenvalue weighted by Crippen LogP contribution is -2.34.